The summed E-state index contributed by atoms with van der Waals surface area (Å²) >= 11 is 1.35. The molecule has 0 unspecified atom stereocenters. The highest BCUT2D eigenvalue weighted by Gasteiger charge is 2.41. The first-order valence-electron chi connectivity index (χ1n) is 11.5. The molecule has 4 aromatic rings. The minimum Gasteiger partial charge on any atom is -0.345 e. The quantitative estimate of drug-likeness (QED) is 0.483. The third-order valence-electron chi connectivity index (χ3n) is 6.73. The first-order chi connectivity index (χ1) is 16.6. The summed E-state index contributed by atoms with van der Waals surface area (Å²) in [5.74, 6) is -0.0170. The summed E-state index contributed by atoms with van der Waals surface area (Å²) in [6.45, 7) is 3.11. The van der Waals surface area contributed by atoms with Gasteiger partial charge in [-0.2, -0.15) is 0 Å². The van der Waals surface area contributed by atoms with Crippen LogP contribution in [0.2, 0.25) is 0 Å². The molecular weight excluding hydrogens is 444 g/mol. The molecule has 0 bridgehead atoms. The maximum Gasteiger partial charge on any atom is 0.280 e. The number of benzene rings is 3. The summed E-state index contributed by atoms with van der Waals surface area (Å²) in [5.41, 5.74) is 3.09. The van der Waals surface area contributed by atoms with E-state index in [0.29, 0.717) is 11.0 Å². The number of likely N-dealkylation sites (tertiary alicyclic amines) is 2. The summed E-state index contributed by atoms with van der Waals surface area (Å²) in [4.78, 5) is 33.4. The number of thiazole rings is 1. The van der Waals surface area contributed by atoms with Crippen LogP contribution in [0.5, 0.6) is 0 Å². The van der Waals surface area contributed by atoms with Crippen LogP contribution in [0.15, 0.2) is 78.3 Å². The average molecular weight is 469 g/mol. The van der Waals surface area contributed by atoms with Crippen molar-refractivity contribution in [3.8, 4) is 11.1 Å². The number of aromatic nitrogens is 1. The second-order valence-corrected chi connectivity index (χ2v) is 9.86. The molecule has 1 N–H and O–H groups in total. The van der Waals surface area contributed by atoms with Crippen LogP contribution in [0.25, 0.3) is 21.9 Å². The minimum atomic E-state index is -0.0998. The molecule has 6 nitrogen and oxygen atoms in total. The van der Waals surface area contributed by atoms with Gasteiger partial charge < -0.3 is 10.2 Å². The van der Waals surface area contributed by atoms with E-state index >= 15 is 0 Å². The lowest BCUT2D eigenvalue weighted by molar-refractivity contribution is -0.00940. The molecule has 0 radical (unpaired) electrons. The smallest absolute Gasteiger partial charge is 0.280 e. The van der Waals surface area contributed by atoms with Crippen LogP contribution in [-0.4, -0.2) is 64.9 Å². The lowest BCUT2D eigenvalue weighted by Crippen LogP contribution is -2.70. The number of carbonyl (C=O) groups excluding carboxylic acids is 2. The van der Waals surface area contributed by atoms with Crippen LogP contribution >= 0.6 is 11.3 Å². The first-order valence-corrected chi connectivity index (χ1v) is 12.3. The number of fused-ring (bicyclic) bond motifs is 1. The zero-order chi connectivity index (χ0) is 23.1. The lowest BCUT2D eigenvalue weighted by Gasteiger charge is -2.51. The van der Waals surface area contributed by atoms with Crippen molar-refractivity contribution in [1.29, 1.82) is 0 Å². The van der Waals surface area contributed by atoms with E-state index in [1.54, 1.807) is 11.6 Å². The van der Waals surface area contributed by atoms with Crippen LogP contribution < -0.4 is 5.32 Å². The van der Waals surface area contributed by atoms with E-state index in [4.69, 9.17) is 0 Å². The van der Waals surface area contributed by atoms with Crippen molar-refractivity contribution >= 4 is 33.9 Å². The summed E-state index contributed by atoms with van der Waals surface area (Å²) in [5, 5.41) is 7.54. The van der Waals surface area contributed by atoms with Crippen LogP contribution in [0.3, 0.4) is 0 Å². The van der Waals surface area contributed by atoms with Gasteiger partial charge in [0, 0.05) is 49.4 Å². The molecule has 6 rings (SSSR count). The molecule has 3 aromatic carbocycles. The Bertz CT molecular complexity index is 1340. The van der Waals surface area contributed by atoms with E-state index < -0.39 is 0 Å². The van der Waals surface area contributed by atoms with Gasteiger partial charge >= 0.3 is 0 Å². The Kier molecular flexibility index (Phi) is 5.36. The summed E-state index contributed by atoms with van der Waals surface area (Å²) in [7, 11) is 0. The number of nitrogens with one attached hydrogen (secondary N) is 1. The predicted octanol–water partition coefficient (Wildman–Crippen LogP) is 3.90. The SMILES string of the molecule is O=C(NC1CN(C2CN(C(=O)c3ccc4cc(-c5ccccc5)ccc4c3)C2)C1)c1nccs1. The molecule has 3 heterocycles. The van der Waals surface area contributed by atoms with Crippen molar-refractivity contribution < 1.29 is 9.59 Å². The molecule has 2 aliphatic rings. The van der Waals surface area contributed by atoms with Crippen LogP contribution in [0.1, 0.15) is 20.2 Å². The van der Waals surface area contributed by atoms with E-state index in [0.717, 1.165) is 42.5 Å². The Labute approximate surface area is 201 Å². The van der Waals surface area contributed by atoms with Crippen molar-refractivity contribution in [2.45, 2.75) is 12.1 Å². The van der Waals surface area contributed by atoms with Crippen molar-refractivity contribution in [3.63, 3.8) is 0 Å². The van der Waals surface area contributed by atoms with Gasteiger partial charge in [0.1, 0.15) is 0 Å². The van der Waals surface area contributed by atoms with Crippen LogP contribution in [0.4, 0.5) is 0 Å². The van der Waals surface area contributed by atoms with E-state index in [-0.39, 0.29) is 17.9 Å². The van der Waals surface area contributed by atoms with Gasteiger partial charge in [-0.05, 0) is 40.1 Å². The molecule has 0 spiro atoms. The van der Waals surface area contributed by atoms with E-state index in [9.17, 15) is 9.59 Å². The fraction of sp³-hybridized carbons (Fsp3) is 0.222. The Morgan fingerprint density at radius 3 is 2.41 bits per heavy atom. The highest BCUT2D eigenvalue weighted by molar-refractivity contribution is 7.11. The lowest BCUT2D eigenvalue weighted by atomic mass is 9.97. The monoisotopic (exact) mass is 468 g/mol. The molecule has 0 saturated carbocycles. The van der Waals surface area contributed by atoms with Gasteiger partial charge in [0.15, 0.2) is 5.01 Å². The standard InChI is InChI=1S/C27H24N4O2S/c32-25(26-28-10-11-34-26)29-23-14-30(15-23)24-16-31(17-24)27(33)22-9-8-20-12-19(6-7-21(20)13-22)18-4-2-1-3-5-18/h1-13,23-24H,14-17H2,(H,29,32). The van der Waals surface area contributed by atoms with Gasteiger partial charge in [-0.1, -0.05) is 48.5 Å². The molecular formula is C27H24N4O2S. The van der Waals surface area contributed by atoms with Crippen molar-refractivity contribution in [3.05, 3.63) is 88.9 Å². The Morgan fingerprint density at radius 1 is 0.882 bits per heavy atom. The van der Waals surface area contributed by atoms with Gasteiger partial charge in [0.2, 0.25) is 0 Å². The molecule has 2 amide bonds. The van der Waals surface area contributed by atoms with Crippen LogP contribution in [-0.2, 0) is 0 Å². The normalized spacial score (nSPS) is 16.8. The number of hydrogen-bond donors (Lipinski definition) is 1. The maximum atomic E-state index is 13.0. The number of nitrogens with zero attached hydrogens (tertiary/aromatic N) is 3. The summed E-state index contributed by atoms with van der Waals surface area (Å²) in [6.07, 6.45) is 1.64. The topological polar surface area (TPSA) is 65.5 Å². The highest BCUT2D eigenvalue weighted by Crippen LogP contribution is 2.27. The summed E-state index contributed by atoms with van der Waals surface area (Å²) < 4.78 is 0. The average Bonchev–Trinajstić information content (AvgIpc) is 3.36. The maximum absolute atomic E-state index is 13.0. The molecule has 2 fully saturated rings. The fourth-order valence-electron chi connectivity index (χ4n) is 4.71. The Morgan fingerprint density at radius 2 is 1.65 bits per heavy atom. The van der Waals surface area contributed by atoms with Crippen molar-refractivity contribution in [2.24, 2.45) is 0 Å². The third-order valence-corrected chi connectivity index (χ3v) is 7.50. The molecule has 2 aliphatic heterocycles. The van der Waals surface area contributed by atoms with E-state index in [1.165, 1.54) is 22.5 Å². The van der Waals surface area contributed by atoms with Crippen LogP contribution in [0, 0.1) is 0 Å². The molecule has 170 valence electrons. The molecule has 34 heavy (non-hydrogen) atoms. The largest absolute Gasteiger partial charge is 0.345 e. The second-order valence-electron chi connectivity index (χ2n) is 8.97. The Hall–Kier alpha value is -3.55. The highest BCUT2D eigenvalue weighted by atomic mass is 32.1. The zero-order valence-corrected chi connectivity index (χ0v) is 19.4. The van der Waals surface area contributed by atoms with Crippen molar-refractivity contribution in [2.75, 3.05) is 26.2 Å². The zero-order valence-electron chi connectivity index (χ0n) is 18.6. The van der Waals surface area contributed by atoms with Gasteiger partial charge in [-0.3, -0.25) is 14.5 Å². The molecule has 1 aromatic heterocycles. The third kappa shape index (κ3) is 3.97. The molecule has 0 atom stereocenters. The van der Waals surface area contributed by atoms with Gasteiger partial charge in [0.25, 0.3) is 11.8 Å². The Balaban J connectivity index is 1.04. The van der Waals surface area contributed by atoms with Crippen molar-refractivity contribution in [1.82, 2.24) is 20.1 Å². The fourth-order valence-corrected chi connectivity index (χ4v) is 5.25. The number of hydrogen-bond acceptors (Lipinski definition) is 5. The molecule has 2 saturated heterocycles. The molecule has 0 aliphatic carbocycles. The second kappa shape index (κ2) is 8.66. The van der Waals surface area contributed by atoms with E-state index in [1.807, 2.05) is 41.3 Å². The number of amides is 2. The van der Waals surface area contributed by atoms with Gasteiger partial charge in [-0.15, -0.1) is 11.3 Å². The van der Waals surface area contributed by atoms with Gasteiger partial charge in [-0.25, -0.2) is 4.98 Å². The number of rotatable bonds is 5. The molecule has 7 heteroatoms. The summed E-state index contributed by atoms with van der Waals surface area (Å²) in [6, 6.07) is 23.2. The van der Waals surface area contributed by atoms with E-state index in [2.05, 4.69) is 45.5 Å². The first kappa shape index (κ1) is 21.0. The van der Waals surface area contributed by atoms with Gasteiger partial charge in [0.05, 0.1) is 6.04 Å². The predicted molar refractivity (Wildman–Crippen MR) is 134 cm³/mol. The number of carbonyl (C=O) groups is 2. The minimum absolute atomic E-state index is 0.0828.